The van der Waals surface area contributed by atoms with Gasteiger partial charge in [-0.2, -0.15) is 0 Å². The molecule has 6 rings (SSSR count). The highest BCUT2D eigenvalue weighted by Gasteiger charge is 2.32. The van der Waals surface area contributed by atoms with Crippen LogP contribution >= 0.6 is 0 Å². The number of rotatable bonds is 4. The Kier molecular flexibility index (Phi) is 5.15. The SMILES string of the molecule is O=C1Nc2ccccc2/C1=C\C1C=CC=C(/C=C2/C(=O)N(Cc3ccccc3)c3ccccc32)N1. The normalized spacial score (nSPS) is 20.5. The highest BCUT2D eigenvalue weighted by molar-refractivity contribution is 6.33. The highest BCUT2D eigenvalue weighted by atomic mass is 16.2. The Labute approximate surface area is 203 Å². The first-order chi connectivity index (χ1) is 17.2. The summed E-state index contributed by atoms with van der Waals surface area (Å²) in [6.45, 7) is 0.518. The summed E-state index contributed by atoms with van der Waals surface area (Å²) in [7, 11) is 0. The summed E-state index contributed by atoms with van der Waals surface area (Å²) in [5, 5.41) is 6.36. The minimum Gasteiger partial charge on any atom is -0.375 e. The summed E-state index contributed by atoms with van der Waals surface area (Å²) in [6, 6.07) is 25.4. The molecule has 0 aliphatic carbocycles. The number of hydrogen-bond donors (Lipinski definition) is 2. The molecule has 0 aromatic heterocycles. The number of nitrogens with one attached hydrogen (secondary N) is 2. The van der Waals surface area contributed by atoms with Crippen molar-refractivity contribution in [2.24, 2.45) is 0 Å². The van der Waals surface area contributed by atoms with E-state index in [1.807, 2.05) is 114 Å². The molecule has 5 heteroatoms. The van der Waals surface area contributed by atoms with E-state index in [-0.39, 0.29) is 17.9 Å². The summed E-state index contributed by atoms with van der Waals surface area (Å²) in [6.07, 6.45) is 9.73. The zero-order valence-corrected chi connectivity index (χ0v) is 18.9. The van der Waals surface area contributed by atoms with Crippen LogP contribution in [0.15, 0.2) is 115 Å². The monoisotopic (exact) mass is 457 g/mol. The Morgan fingerprint density at radius 3 is 2.43 bits per heavy atom. The predicted molar refractivity (Wildman–Crippen MR) is 139 cm³/mol. The Bertz CT molecular complexity index is 1460. The van der Waals surface area contributed by atoms with Gasteiger partial charge in [0.05, 0.1) is 23.8 Å². The fourth-order valence-corrected chi connectivity index (χ4v) is 4.76. The van der Waals surface area contributed by atoms with E-state index in [0.717, 1.165) is 33.8 Å². The third kappa shape index (κ3) is 3.87. The topological polar surface area (TPSA) is 61.4 Å². The molecule has 5 nitrogen and oxygen atoms in total. The average Bonchev–Trinajstić information content (AvgIpc) is 3.34. The average molecular weight is 458 g/mol. The van der Waals surface area contributed by atoms with Crippen LogP contribution in [0.25, 0.3) is 11.1 Å². The third-order valence-corrected chi connectivity index (χ3v) is 6.43. The zero-order chi connectivity index (χ0) is 23.8. The number of fused-ring (bicyclic) bond motifs is 2. The third-order valence-electron chi connectivity index (χ3n) is 6.43. The van der Waals surface area contributed by atoms with Gasteiger partial charge in [0.25, 0.3) is 11.8 Å². The second-order valence-electron chi connectivity index (χ2n) is 8.71. The van der Waals surface area contributed by atoms with Gasteiger partial charge in [-0.05, 0) is 35.9 Å². The van der Waals surface area contributed by atoms with Crippen molar-refractivity contribution in [2.45, 2.75) is 12.6 Å². The molecule has 0 fully saturated rings. The largest absolute Gasteiger partial charge is 0.375 e. The van der Waals surface area contributed by atoms with E-state index < -0.39 is 0 Å². The molecule has 3 aromatic carbocycles. The molecule has 3 aliphatic heterocycles. The lowest BCUT2D eigenvalue weighted by Gasteiger charge is -2.18. The van der Waals surface area contributed by atoms with Crippen LogP contribution in [-0.2, 0) is 16.1 Å². The number of para-hydroxylation sites is 2. The lowest BCUT2D eigenvalue weighted by atomic mass is 10.0. The molecule has 2 N–H and O–H groups in total. The van der Waals surface area contributed by atoms with Gasteiger partial charge in [-0.15, -0.1) is 0 Å². The molecule has 0 spiro atoms. The lowest BCUT2D eigenvalue weighted by molar-refractivity contribution is -0.113. The molecule has 0 saturated carbocycles. The molecule has 3 aliphatic rings. The van der Waals surface area contributed by atoms with E-state index in [1.54, 1.807) is 0 Å². The van der Waals surface area contributed by atoms with Gasteiger partial charge in [0, 0.05) is 28.1 Å². The Balaban J connectivity index is 1.28. The Hall–Kier alpha value is -4.64. The molecule has 170 valence electrons. The van der Waals surface area contributed by atoms with Crippen molar-refractivity contribution in [1.29, 1.82) is 0 Å². The van der Waals surface area contributed by atoms with Crippen LogP contribution in [0.4, 0.5) is 11.4 Å². The van der Waals surface area contributed by atoms with Crippen LogP contribution in [0.2, 0.25) is 0 Å². The number of hydrogen-bond acceptors (Lipinski definition) is 3. The number of benzene rings is 3. The predicted octanol–water partition coefficient (Wildman–Crippen LogP) is 5.06. The minimum absolute atomic E-state index is 0.0219. The maximum Gasteiger partial charge on any atom is 0.259 e. The van der Waals surface area contributed by atoms with E-state index in [9.17, 15) is 9.59 Å². The summed E-state index contributed by atoms with van der Waals surface area (Å²) < 4.78 is 0. The maximum atomic E-state index is 13.5. The van der Waals surface area contributed by atoms with Crippen LogP contribution < -0.4 is 15.5 Å². The van der Waals surface area contributed by atoms with Crippen molar-refractivity contribution < 1.29 is 9.59 Å². The van der Waals surface area contributed by atoms with Crippen LogP contribution in [-0.4, -0.2) is 17.9 Å². The molecule has 0 radical (unpaired) electrons. The first kappa shape index (κ1) is 20.9. The van der Waals surface area contributed by atoms with Crippen LogP contribution in [0.5, 0.6) is 0 Å². The summed E-state index contributed by atoms with van der Waals surface area (Å²) in [5.74, 6) is -0.126. The number of allylic oxidation sites excluding steroid dienone is 3. The van der Waals surface area contributed by atoms with Crippen LogP contribution in [0.1, 0.15) is 16.7 Å². The van der Waals surface area contributed by atoms with Crippen molar-refractivity contribution in [1.82, 2.24) is 5.32 Å². The number of nitrogens with zero attached hydrogens (tertiary/aromatic N) is 1. The van der Waals surface area contributed by atoms with Crippen molar-refractivity contribution in [2.75, 3.05) is 10.2 Å². The van der Waals surface area contributed by atoms with E-state index in [0.29, 0.717) is 17.7 Å². The fourth-order valence-electron chi connectivity index (χ4n) is 4.76. The van der Waals surface area contributed by atoms with Gasteiger partial charge in [-0.1, -0.05) is 78.9 Å². The second-order valence-corrected chi connectivity index (χ2v) is 8.71. The number of anilines is 2. The Morgan fingerprint density at radius 2 is 1.57 bits per heavy atom. The van der Waals surface area contributed by atoms with E-state index in [4.69, 9.17) is 0 Å². The standard InChI is InChI=1S/C30H23N3O2/c34-29-25(23-13-4-6-15-27(23)32-29)17-21-11-8-12-22(31-21)18-26-24-14-5-7-16-28(24)33(30(26)35)19-20-9-2-1-3-10-20/h1-18,21,31H,19H2,(H,32,34)/b25-17+,26-18+. The molecule has 2 amide bonds. The van der Waals surface area contributed by atoms with Gasteiger partial charge < -0.3 is 15.5 Å². The first-order valence-corrected chi connectivity index (χ1v) is 11.6. The smallest absolute Gasteiger partial charge is 0.259 e. The van der Waals surface area contributed by atoms with Crippen molar-refractivity contribution in [3.63, 3.8) is 0 Å². The van der Waals surface area contributed by atoms with Gasteiger partial charge in [0.15, 0.2) is 0 Å². The fraction of sp³-hybridized carbons (Fsp3) is 0.0667. The number of carbonyl (C=O) groups is 2. The van der Waals surface area contributed by atoms with Crippen molar-refractivity contribution in [3.05, 3.63) is 132 Å². The molecular formula is C30H23N3O2. The zero-order valence-electron chi connectivity index (χ0n) is 18.9. The van der Waals surface area contributed by atoms with Gasteiger partial charge in [0.2, 0.25) is 0 Å². The molecule has 35 heavy (non-hydrogen) atoms. The highest BCUT2D eigenvalue weighted by Crippen LogP contribution is 2.38. The van der Waals surface area contributed by atoms with E-state index in [2.05, 4.69) is 10.6 Å². The molecule has 3 aromatic rings. The number of amides is 2. The summed E-state index contributed by atoms with van der Waals surface area (Å²) in [4.78, 5) is 27.9. The molecule has 0 saturated heterocycles. The molecule has 0 bridgehead atoms. The van der Waals surface area contributed by atoms with Crippen LogP contribution in [0, 0.1) is 0 Å². The van der Waals surface area contributed by atoms with E-state index >= 15 is 0 Å². The van der Waals surface area contributed by atoms with Crippen LogP contribution in [0.3, 0.4) is 0 Å². The van der Waals surface area contributed by atoms with Gasteiger partial charge in [-0.3, -0.25) is 9.59 Å². The number of carbonyl (C=O) groups excluding carboxylic acids is 2. The Morgan fingerprint density at radius 1 is 0.829 bits per heavy atom. The van der Waals surface area contributed by atoms with Crippen molar-refractivity contribution in [3.8, 4) is 0 Å². The minimum atomic E-state index is -0.175. The van der Waals surface area contributed by atoms with Gasteiger partial charge in [0.1, 0.15) is 0 Å². The summed E-state index contributed by atoms with van der Waals surface area (Å²) in [5.41, 5.74) is 6.76. The lowest BCUT2D eigenvalue weighted by Crippen LogP contribution is -2.28. The molecule has 1 atom stereocenters. The molecule has 1 unspecified atom stereocenters. The molecular weight excluding hydrogens is 434 g/mol. The number of dihydropyridines is 1. The first-order valence-electron chi connectivity index (χ1n) is 11.6. The van der Waals surface area contributed by atoms with Gasteiger partial charge >= 0.3 is 0 Å². The van der Waals surface area contributed by atoms with Gasteiger partial charge in [-0.25, -0.2) is 0 Å². The quantitative estimate of drug-likeness (QED) is 0.538. The van der Waals surface area contributed by atoms with E-state index in [1.165, 1.54) is 0 Å². The second kappa shape index (κ2) is 8.61. The summed E-state index contributed by atoms with van der Waals surface area (Å²) >= 11 is 0. The molecule has 3 heterocycles. The van der Waals surface area contributed by atoms with Crippen molar-refractivity contribution >= 4 is 34.3 Å². The maximum absolute atomic E-state index is 13.5.